The number of hydrogen-bond acceptors (Lipinski definition) is 3. The predicted octanol–water partition coefficient (Wildman–Crippen LogP) is 0.249. The highest BCUT2D eigenvalue weighted by atomic mass is 16.3. The number of amides is 1. The molecule has 4 heteroatoms. The van der Waals surface area contributed by atoms with Crippen LogP contribution in [-0.2, 0) is 4.79 Å². The molecule has 2 atom stereocenters. The van der Waals surface area contributed by atoms with Gasteiger partial charge in [-0.25, -0.2) is 0 Å². The molecule has 0 aromatic rings. The van der Waals surface area contributed by atoms with Crippen LogP contribution in [0, 0.1) is 5.92 Å². The molecule has 0 aliphatic heterocycles. The summed E-state index contributed by atoms with van der Waals surface area (Å²) in [5.74, 6) is 0.168. The van der Waals surface area contributed by atoms with Gasteiger partial charge >= 0.3 is 0 Å². The van der Waals surface area contributed by atoms with Gasteiger partial charge in [-0.1, -0.05) is 13.8 Å². The molecule has 0 rings (SSSR count). The van der Waals surface area contributed by atoms with Crippen molar-refractivity contribution in [1.82, 2.24) is 5.32 Å². The summed E-state index contributed by atoms with van der Waals surface area (Å²) < 4.78 is 0. The van der Waals surface area contributed by atoms with Crippen molar-refractivity contribution in [2.75, 3.05) is 13.2 Å². The van der Waals surface area contributed by atoms with Crippen LogP contribution in [0.1, 0.15) is 33.6 Å². The zero-order valence-electron chi connectivity index (χ0n) is 9.34. The zero-order valence-corrected chi connectivity index (χ0v) is 9.34. The number of aliphatic hydroxyl groups is 1. The lowest BCUT2D eigenvalue weighted by atomic mass is 9.99. The Balaban J connectivity index is 3.85. The van der Waals surface area contributed by atoms with Gasteiger partial charge in [0.25, 0.3) is 0 Å². The van der Waals surface area contributed by atoms with Gasteiger partial charge in [0.05, 0.1) is 5.54 Å². The fraction of sp³-hybridized carbons (Fsp3) is 0.900. The average Bonchev–Trinajstić information content (AvgIpc) is 2.14. The van der Waals surface area contributed by atoms with Gasteiger partial charge in [0.1, 0.15) is 0 Å². The molecule has 0 aliphatic carbocycles. The maximum Gasteiger partial charge on any atom is 0.239 e. The van der Waals surface area contributed by atoms with Gasteiger partial charge in [0.2, 0.25) is 5.91 Å². The van der Waals surface area contributed by atoms with Gasteiger partial charge in [0, 0.05) is 13.2 Å². The molecule has 0 heterocycles. The van der Waals surface area contributed by atoms with Crippen molar-refractivity contribution in [3.05, 3.63) is 0 Å². The first-order chi connectivity index (χ1) is 6.44. The van der Waals surface area contributed by atoms with Gasteiger partial charge in [-0.2, -0.15) is 0 Å². The van der Waals surface area contributed by atoms with Gasteiger partial charge in [-0.05, 0) is 25.7 Å². The van der Waals surface area contributed by atoms with Crippen LogP contribution in [-0.4, -0.2) is 29.7 Å². The lowest BCUT2D eigenvalue weighted by molar-refractivity contribution is -0.126. The highest BCUT2D eigenvalue weighted by Crippen LogP contribution is 2.05. The van der Waals surface area contributed by atoms with Gasteiger partial charge in [-0.15, -0.1) is 0 Å². The van der Waals surface area contributed by atoms with Gasteiger partial charge in [-0.3, -0.25) is 4.79 Å². The van der Waals surface area contributed by atoms with Crippen molar-refractivity contribution >= 4 is 5.91 Å². The minimum Gasteiger partial charge on any atom is -0.396 e. The second-order valence-corrected chi connectivity index (χ2v) is 4.10. The SMILES string of the molecule is CCC(C)(N)C(=O)NCC(C)CCO. The number of nitrogens with two attached hydrogens (primary N) is 1. The van der Waals surface area contributed by atoms with Crippen LogP contribution in [0.3, 0.4) is 0 Å². The van der Waals surface area contributed by atoms with Crippen molar-refractivity contribution in [3.63, 3.8) is 0 Å². The van der Waals surface area contributed by atoms with Gasteiger partial charge < -0.3 is 16.2 Å². The summed E-state index contributed by atoms with van der Waals surface area (Å²) in [5.41, 5.74) is 4.98. The van der Waals surface area contributed by atoms with E-state index in [0.29, 0.717) is 19.4 Å². The van der Waals surface area contributed by atoms with E-state index in [9.17, 15) is 4.79 Å². The van der Waals surface area contributed by atoms with E-state index < -0.39 is 5.54 Å². The molecular formula is C10H22N2O2. The molecule has 0 aromatic carbocycles. The molecule has 0 aromatic heterocycles. The van der Waals surface area contributed by atoms with E-state index in [1.807, 2.05) is 13.8 Å². The summed E-state index contributed by atoms with van der Waals surface area (Å²) >= 11 is 0. The Morgan fingerprint density at radius 3 is 2.64 bits per heavy atom. The number of rotatable bonds is 6. The Morgan fingerprint density at radius 2 is 2.21 bits per heavy atom. The smallest absolute Gasteiger partial charge is 0.239 e. The van der Waals surface area contributed by atoms with Crippen molar-refractivity contribution in [3.8, 4) is 0 Å². The molecule has 14 heavy (non-hydrogen) atoms. The molecule has 0 saturated carbocycles. The summed E-state index contributed by atoms with van der Waals surface area (Å²) in [6.07, 6.45) is 1.32. The molecule has 0 spiro atoms. The van der Waals surface area contributed by atoms with Crippen LogP contribution in [0.15, 0.2) is 0 Å². The van der Waals surface area contributed by atoms with E-state index in [1.54, 1.807) is 6.92 Å². The third kappa shape index (κ3) is 4.58. The number of nitrogens with one attached hydrogen (secondary N) is 1. The van der Waals surface area contributed by atoms with Crippen LogP contribution in [0.25, 0.3) is 0 Å². The fourth-order valence-corrected chi connectivity index (χ4v) is 0.952. The standard InChI is InChI=1S/C10H22N2O2/c1-4-10(3,11)9(14)12-7-8(2)5-6-13/h8,13H,4-7,11H2,1-3H3,(H,12,14). The number of carbonyl (C=O) groups is 1. The van der Waals surface area contributed by atoms with Crippen LogP contribution >= 0.6 is 0 Å². The number of carbonyl (C=O) groups excluding carboxylic acids is 1. The molecule has 2 unspecified atom stereocenters. The molecule has 0 fully saturated rings. The summed E-state index contributed by atoms with van der Waals surface area (Å²) in [7, 11) is 0. The Morgan fingerprint density at radius 1 is 1.64 bits per heavy atom. The van der Waals surface area contributed by atoms with E-state index in [1.165, 1.54) is 0 Å². The van der Waals surface area contributed by atoms with E-state index in [4.69, 9.17) is 10.8 Å². The first-order valence-corrected chi connectivity index (χ1v) is 5.12. The van der Waals surface area contributed by atoms with Crippen molar-refractivity contribution in [1.29, 1.82) is 0 Å². The van der Waals surface area contributed by atoms with Crippen LogP contribution in [0.2, 0.25) is 0 Å². The van der Waals surface area contributed by atoms with E-state index in [2.05, 4.69) is 5.32 Å². The third-order valence-corrected chi connectivity index (χ3v) is 2.49. The topological polar surface area (TPSA) is 75.4 Å². The largest absolute Gasteiger partial charge is 0.396 e. The molecule has 4 N–H and O–H groups in total. The second-order valence-electron chi connectivity index (χ2n) is 4.10. The summed E-state index contributed by atoms with van der Waals surface area (Å²) in [6, 6.07) is 0. The van der Waals surface area contributed by atoms with E-state index in [-0.39, 0.29) is 18.4 Å². The molecule has 1 amide bonds. The summed E-state index contributed by atoms with van der Waals surface area (Å²) in [4.78, 5) is 11.5. The lowest BCUT2D eigenvalue weighted by Crippen LogP contribution is -2.51. The molecule has 84 valence electrons. The molecular weight excluding hydrogens is 180 g/mol. The van der Waals surface area contributed by atoms with Crippen LogP contribution in [0.4, 0.5) is 0 Å². The Hall–Kier alpha value is -0.610. The molecule has 0 radical (unpaired) electrons. The number of aliphatic hydroxyl groups excluding tert-OH is 1. The molecule has 4 nitrogen and oxygen atoms in total. The Kier molecular flexibility index (Phi) is 5.72. The lowest BCUT2D eigenvalue weighted by Gasteiger charge is -2.22. The monoisotopic (exact) mass is 202 g/mol. The number of hydrogen-bond donors (Lipinski definition) is 3. The highest BCUT2D eigenvalue weighted by molar-refractivity contribution is 5.85. The first-order valence-electron chi connectivity index (χ1n) is 5.12. The normalized spacial score (nSPS) is 17.2. The van der Waals surface area contributed by atoms with Crippen molar-refractivity contribution in [2.24, 2.45) is 11.7 Å². The van der Waals surface area contributed by atoms with Crippen LogP contribution < -0.4 is 11.1 Å². The fourth-order valence-electron chi connectivity index (χ4n) is 0.952. The predicted molar refractivity (Wildman–Crippen MR) is 56.8 cm³/mol. The molecule has 0 saturated heterocycles. The minimum absolute atomic E-state index is 0.121. The van der Waals surface area contributed by atoms with Crippen LogP contribution in [0.5, 0.6) is 0 Å². The second kappa shape index (κ2) is 5.98. The highest BCUT2D eigenvalue weighted by Gasteiger charge is 2.25. The van der Waals surface area contributed by atoms with Crippen molar-refractivity contribution in [2.45, 2.75) is 39.2 Å². The zero-order chi connectivity index (χ0) is 11.2. The maximum atomic E-state index is 11.5. The molecule has 0 aliphatic rings. The average molecular weight is 202 g/mol. The third-order valence-electron chi connectivity index (χ3n) is 2.49. The quantitative estimate of drug-likeness (QED) is 0.578. The van der Waals surface area contributed by atoms with E-state index >= 15 is 0 Å². The first kappa shape index (κ1) is 13.4. The van der Waals surface area contributed by atoms with Crippen molar-refractivity contribution < 1.29 is 9.90 Å². The summed E-state index contributed by atoms with van der Waals surface area (Å²) in [6.45, 7) is 6.32. The minimum atomic E-state index is -0.779. The Bertz CT molecular complexity index is 181. The van der Waals surface area contributed by atoms with Gasteiger partial charge in [0.15, 0.2) is 0 Å². The molecule has 0 bridgehead atoms. The summed E-state index contributed by atoms with van der Waals surface area (Å²) in [5, 5.41) is 11.5. The van der Waals surface area contributed by atoms with E-state index in [0.717, 1.165) is 0 Å². The maximum absolute atomic E-state index is 11.5. The Labute approximate surface area is 85.9 Å².